The zero-order valence-corrected chi connectivity index (χ0v) is 15.2. The third kappa shape index (κ3) is 14.4. The second-order valence-corrected chi connectivity index (χ2v) is 6.80. The Morgan fingerprint density at radius 3 is 1.43 bits per heavy atom. The van der Waals surface area contributed by atoms with Gasteiger partial charge in [0.05, 0.1) is 0 Å². The molecule has 0 radical (unpaired) electrons. The Morgan fingerprint density at radius 2 is 1.10 bits per heavy atom. The van der Waals surface area contributed by atoms with Gasteiger partial charge in [-0.15, -0.1) is 6.58 Å². The number of hydrogen-bond acceptors (Lipinski definition) is 1. The molecule has 0 aromatic heterocycles. The van der Waals surface area contributed by atoms with Gasteiger partial charge in [0.15, 0.2) is 0 Å². The van der Waals surface area contributed by atoms with Crippen LogP contribution in [0.1, 0.15) is 96.8 Å². The van der Waals surface area contributed by atoms with E-state index in [0.29, 0.717) is 6.04 Å². The van der Waals surface area contributed by atoms with Crippen molar-refractivity contribution in [1.29, 1.82) is 0 Å². The van der Waals surface area contributed by atoms with Crippen LogP contribution in [-0.4, -0.2) is 25.0 Å². The third-order valence-corrected chi connectivity index (χ3v) is 4.54. The van der Waals surface area contributed by atoms with Gasteiger partial charge in [-0.2, -0.15) is 0 Å². The van der Waals surface area contributed by atoms with Gasteiger partial charge in [0.2, 0.25) is 0 Å². The fraction of sp³-hybridized carbons (Fsp3) is 0.900. The molecule has 0 N–H and O–H groups in total. The summed E-state index contributed by atoms with van der Waals surface area (Å²) in [5, 5.41) is 0. The van der Waals surface area contributed by atoms with Gasteiger partial charge in [0.1, 0.15) is 0 Å². The molecule has 1 nitrogen and oxygen atoms in total. The van der Waals surface area contributed by atoms with E-state index in [0.717, 1.165) is 0 Å². The van der Waals surface area contributed by atoms with Crippen molar-refractivity contribution < 1.29 is 0 Å². The summed E-state index contributed by atoms with van der Waals surface area (Å²) in [6.07, 6.45) is 22.0. The summed E-state index contributed by atoms with van der Waals surface area (Å²) in [4.78, 5) is 2.27. The molecule has 0 amide bonds. The number of likely N-dealkylation sites (N-methyl/N-ethyl adjacent to an activating group) is 1. The van der Waals surface area contributed by atoms with Crippen molar-refractivity contribution in [3.8, 4) is 0 Å². The molecule has 126 valence electrons. The van der Waals surface area contributed by atoms with Crippen LogP contribution in [0.2, 0.25) is 0 Å². The molecular formula is C20H41N. The summed E-state index contributed by atoms with van der Waals surface area (Å²) in [5.41, 5.74) is 0. The van der Waals surface area contributed by atoms with Gasteiger partial charge < -0.3 is 4.90 Å². The number of rotatable bonds is 16. The van der Waals surface area contributed by atoms with E-state index < -0.39 is 0 Å². The second kappa shape index (κ2) is 16.1. The normalized spacial score (nSPS) is 12.8. The maximum atomic E-state index is 3.92. The van der Waals surface area contributed by atoms with E-state index in [1.54, 1.807) is 0 Å². The SMILES string of the molecule is C=CC(CCCCCCCCCCCCCCC)N(C)C. The van der Waals surface area contributed by atoms with Gasteiger partial charge >= 0.3 is 0 Å². The lowest BCUT2D eigenvalue weighted by molar-refractivity contribution is 0.319. The second-order valence-electron chi connectivity index (χ2n) is 6.80. The summed E-state index contributed by atoms with van der Waals surface area (Å²) >= 11 is 0. The number of nitrogens with zero attached hydrogens (tertiary/aromatic N) is 1. The van der Waals surface area contributed by atoms with Gasteiger partial charge in [0, 0.05) is 6.04 Å². The van der Waals surface area contributed by atoms with E-state index in [2.05, 4.69) is 38.6 Å². The highest BCUT2D eigenvalue weighted by molar-refractivity contribution is 4.84. The van der Waals surface area contributed by atoms with Crippen molar-refractivity contribution in [2.24, 2.45) is 0 Å². The number of hydrogen-bond donors (Lipinski definition) is 0. The van der Waals surface area contributed by atoms with Gasteiger partial charge in [0.25, 0.3) is 0 Å². The lowest BCUT2D eigenvalue weighted by atomic mass is 10.0. The van der Waals surface area contributed by atoms with Crippen molar-refractivity contribution >= 4 is 0 Å². The fourth-order valence-electron chi connectivity index (χ4n) is 2.96. The van der Waals surface area contributed by atoms with E-state index in [1.807, 2.05) is 0 Å². The lowest BCUT2D eigenvalue weighted by Crippen LogP contribution is -2.25. The maximum Gasteiger partial charge on any atom is 0.0269 e. The van der Waals surface area contributed by atoms with Crippen LogP contribution < -0.4 is 0 Å². The van der Waals surface area contributed by atoms with Crippen LogP contribution in [0.15, 0.2) is 12.7 Å². The highest BCUT2D eigenvalue weighted by Crippen LogP contribution is 2.14. The molecule has 0 spiro atoms. The van der Waals surface area contributed by atoms with Crippen molar-refractivity contribution in [1.82, 2.24) is 4.90 Å². The average molecular weight is 296 g/mol. The van der Waals surface area contributed by atoms with E-state index in [-0.39, 0.29) is 0 Å². The Kier molecular flexibility index (Phi) is 15.8. The first-order valence-electron chi connectivity index (χ1n) is 9.51. The van der Waals surface area contributed by atoms with Crippen molar-refractivity contribution in [2.45, 2.75) is 103 Å². The lowest BCUT2D eigenvalue weighted by Gasteiger charge is -2.20. The molecule has 0 aliphatic heterocycles. The van der Waals surface area contributed by atoms with E-state index >= 15 is 0 Å². The molecule has 21 heavy (non-hydrogen) atoms. The molecule has 0 saturated carbocycles. The van der Waals surface area contributed by atoms with Crippen LogP contribution >= 0.6 is 0 Å². The van der Waals surface area contributed by atoms with E-state index in [1.165, 1.54) is 89.9 Å². The van der Waals surface area contributed by atoms with Crippen LogP contribution in [0.5, 0.6) is 0 Å². The largest absolute Gasteiger partial charge is 0.303 e. The van der Waals surface area contributed by atoms with E-state index in [4.69, 9.17) is 0 Å². The molecule has 0 heterocycles. The van der Waals surface area contributed by atoms with Crippen molar-refractivity contribution in [3.05, 3.63) is 12.7 Å². The first kappa shape index (κ1) is 20.7. The van der Waals surface area contributed by atoms with Crippen molar-refractivity contribution in [3.63, 3.8) is 0 Å². The Balaban J connectivity index is 3.14. The van der Waals surface area contributed by atoms with Gasteiger partial charge in [-0.3, -0.25) is 0 Å². The minimum atomic E-state index is 0.567. The summed E-state index contributed by atoms with van der Waals surface area (Å²) in [7, 11) is 4.29. The smallest absolute Gasteiger partial charge is 0.0269 e. The summed E-state index contributed by atoms with van der Waals surface area (Å²) in [5.74, 6) is 0. The predicted molar refractivity (Wildman–Crippen MR) is 98.0 cm³/mol. The standard InChI is InChI=1S/C20H41N/c1-5-7-8-9-10-11-12-13-14-15-16-17-18-19-20(6-2)21(3)4/h6,20H,2,5,7-19H2,1,3-4H3. The quantitative estimate of drug-likeness (QED) is 0.229. The maximum absolute atomic E-state index is 3.92. The Morgan fingerprint density at radius 1 is 0.714 bits per heavy atom. The van der Waals surface area contributed by atoms with Crippen LogP contribution in [0.25, 0.3) is 0 Å². The predicted octanol–water partition coefficient (Wildman–Crippen LogP) is 6.58. The van der Waals surface area contributed by atoms with Gasteiger partial charge in [-0.25, -0.2) is 0 Å². The molecule has 1 unspecified atom stereocenters. The van der Waals surface area contributed by atoms with Gasteiger partial charge in [-0.1, -0.05) is 96.5 Å². The minimum absolute atomic E-state index is 0.567. The molecular weight excluding hydrogens is 254 g/mol. The summed E-state index contributed by atoms with van der Waals surface area (Å²) in [6, 6.07) is 0.567. The zero-order valence-electron chi connectivity index (χ0n) is 15.2. The van der Waals surface area contributed by atoms with Crippen LogP contribution in [-0.2, 0) is 0 Å². The monoisotopic (exact) mass is 295 g/mol. The van der Waals surface area contributed by atoms with Gasteiger partial charge in [-0.05, 0) is 20.5 Å². The molecule has 0 bridgehead atoms. The molecule has 0 aliphatic rings. The van der Waals surface area contributed by atoms with Crippen LogP contribution in [0.4, 0.5) is 0 Å². The van der Waals surface area contributed by atoms with Crippen LogP contribution in [0.3, 0.4) is 0 Å². The van der Waals surface area contributed by atoms with Crippen molar-refractivity contribution in [2.75, 3.05) is 14.1 Å². The number of unbranched alkanes of at least 4 members (excludes halogenated alkanes) is 12. The molecule has 0 rings (SSSR count). The highest BCUT2D eigenvalue weighted by Gasteiger charge is 2.05. The van der Waals surface area contributed by atoms with E-state index in [9.17, 15) is 0 Å². The molecule has 0 aromatic carbocycles. The first-order chi connectivity index (χ1) is 10.2. The molecule has 0 aromatic rings. The molecule has 0 saturated heterocycles. The molecule has 0 fully saturated rings. The summed E-state index contributed by atoms with van der Waals surface area (Å²) in [6.45, 7) is 6.21. The summed E-state index contributed by atoms with van der Waals surface area (Å²) < 4.78 is 0. The molecule has 1 heteroatoms. The highest BCUT2D eigenvalue weighted by atomic mass is 15.1. The Bertz CT molecular complexity index is 210. The zero-order chi connectivity index (χ0) is 15.8. The average Bonchev–Trinajstić information content (AvgIpc) is 2.47. The topological polar surface area (TPSA) is 3.24 Å². The van der Waals surface area contributed by atoms with Crippen LogP contribution in [0, 0.1) is 0 Å². The Hall–Kier alpha value is -0.300. The molecule has 1 atom stereocenters. The molecule has 0 aliphatic carbocycles. The Labute approximate surface area is 135 Å². The minimum Gasteiger partial charge on any atom is -0.303 e. The third-order valence-electron chi connectivity index (χ3n) is 4.54. The first-order valence-corrected chi connectivity index (χ1v) is 9.51. The fourth-order valence-corrected chi connectivity index (χ4v) is 2.96.